The number of hydrogen-bond acceptors (Lipinski definition) is 2. The summed E-state index contributed by atoms with van der Waals surface area (Å²) in [6.45, 7) is 4.63. The molecule has 2 aliphatic rings. The summed E-state index contributed by atoms with van der Waals surface area (Å²) in [5.74, 6) is 0. The first kappa shape index (κ1) is 9.43. The van der Waals surface area contributed by atoms with E-state index in [0.717, 1.165) is 13.1 Å². The third-order valence-corrected chi connectivity index (χ3v) is 4.09. The molecule has 1 spiro atoms. The SMILES string of the molecule is CN1CCC2(CC1)CNCc1cc[nH]c12. The molecule has 0 bridgehead atoms. The van der Waals surface area contributed by atoms with Crippen molar-refractivity contribution in [3.63, 3.8) is 0 Å². The number of aromatic nitrogens is 1. The van der Waals surface area contributed by atoms with Gasteiger partial charge in [0.05, 0.1) is 0 Å². The minimum Gasteiger partial charge on any atom is -0.364 e. The number of likely N-dealkylation sites (tertiary alicyclic amines) is 1. The summed E-state index contributed by atoms with van der Waals surface area (Å²) in [7, 11) is 2.22. The standard InChI is InChI=1S/C12H19N3/c1-15-6-3-12(4-7-15)9-13-8-10-2-5-14-11(10)12/h2,5,13-14H,3-4,6-9H2,1H3. The van der Waals surface area contributed by atoms with Crippen molar-refractivity contribution >= 4 is 0 Å². The van der Waals surface area contributed by atoms with Crippen LogP contribution in [-0.2, 0) is 12.0 Å². The van der Waals surface area contributed by atoms with Crippen LogP contribution in [0.5, 0.6) is 0 Å². The lowest BCUT2D eigenvalue weighted by Gasteiger charge is -2.43. The van der Waals surface area contributed by atoms with Crippen LogP contribution in [0.25, 0.3) is 0 Å². The Balaban J connectivity index is 1.94. The summed E-state index contributed by atoms with van der Waals surface area (Å²) in [5.41, 5.74) is 3.38. The Hall–Kier alpha value is -0.800. The molecule has 1 aromatic rings. The summed E-state index contributed by atoms with van der Waals surface area (Å²) in [4.78, 5) is 5.91. The highest BCUT2D eigenvalue weighted by atomic mass is 15.1. The van der Waals surface area contributed by atoms with Crippen molar-refractivity contribution in [3.05, 3.63) is 23.5 Å². The molecule has 0 saturated carbocycles. The van der Waals surface area contributed by atoms with Gasteiger partial charge in [0.25, 0.3) is 0 Å². The Morgan fingerprint density at radius 2 is 2.13 bits per heavy atom. The smallest absolute Gasteiger partial charge is 0.0269 e. The van der Waals surface area contributed by atoms with Gasteiger partial charge in [-0.25, -0.2) is 0 Å². The largest absolute Gasteiger partial charge is 0.364 e. The van der Waals surface area contributed by atoms with E-state index in [1.807, 2.05) is 0 Å². The van der Waals surface area contributed by atoms with E-state index >= 15 is 0 Å². The number of H-pyrrole nitrogens is 1. The molecule has 82 valence electrons. The van der Waals surface area contributed by atoms with Crippen molar-refractivity contribution in [2.24, 2.45) is 0 Å². The van der Waals surface area contributed by atoms with Gasteiger partial charge in [0.1, 0.15) is 0 Å². The summed E-state index contributed by atoms with van der Waals surface area (Å²) < 4.78 is 0. The zero-order chi connectivity index (χ0) is 10.3. The van der Waals surface area contributed by atoms with E-state index in [-0.39, 0.29) is 0 Å². The topological polar surface area (TPSA) is 31.1 Å². The lowest BCUT2D eigenvalue weighted by Crippen LogP contribution is -2.49. The van der Waals surface area contributed by atoms with Gasteiger partial charge in [-0.05, 0) is 44.6 Å². The molecule has 0 aromatic carbocycles. The summed E-state index contributed by atoms with van der Waals surface area (Å²) in [6.07, 6.45) is 4.66. The Kier molecular flexibility index (Phi) is 2.11. The Bertz CT molecular complexity index is 348. The average molecular weight is 205 g/mol. The number of rotatable bonds is 0. The lowest BCUT2D eigenvalue weighted by atomic mass is 9.73. The Morgan fingerprint density at radius 1 is 1.33 bits per heavy atom. The quantitative estimate of drug-likeness (QED) is 0.664. The van der Waals surface area contributed by atoms with Crippen LogP contribution < -0.4 is 5.32 Å². The average Bonchev–Trinajstić information content (AvgIpc) is 2.72. The molecule has 0 unspecified atom stereocenters. The molecule has 1 aromatic heterocycles. The molecule has 3 heteroatoms. The number of nitrogens with one attached hydrogen (secondary N) is 2. The molecular formula is C12H19N3. The van der Waals surface area contributed by atoms with E-state index in [2.05, 4.69) is 34.5 Å². The second-order valence-electron chi connectivity index (χ2n) is 5.07. The highest BCUT2D eigenvalue weighted by molar-refractivity contribution is 5.32. The van der Waals surface area contributed by atoms with Crippen LogP contribution in [0.15, 0.2) is 12.3 Å². The minimum absolute atomic E-state index is 0.392. The van der Waals surface area contributed by atoms with E-state index in [4.69, 9.17) is 0 Å². The molecule has 3 rings (SSSR count). The highest BCUT2D eigenvalue weighted by Gasteiger charge is 2.39. The van der Waals surface area contributed by atoms with Gasteiger partial charge in [-0.2, -0.15) is 0 Å². The monoisotopic (exact) mass is 205 g/mol. The van der Waals surface area contributed by atoms with Gasteiger partial charge in [0.15, 0.2) is 0 Å². The third-order valence-electron chi connectivity index (χ3n) is 4.09. The maximum atomic E-state index is 3.56. The fourth-order valence-corrected chi connectivity index (χ4v) is 3.04. The van der Waals surface area contributed by atoms with Crippen LogP contribution in [0.3, 0.4) is 0 Å². The molecule has 1 fully saturated rings. The molecule has 0 amide bonds. The van der Waals surface area contributed by atoms with Gasteiger partial charge in [-0.3, -0.25) is 0 Å². The molecule has 0 radical (unpaired) electrons. The minimum atomic E-state index is 0.392. The first-order chi connectivity index (χ1) is 7.30. The van der Waals surface area contributed by atoms with Gasteiger partial charge in [-0.1, -0.05) is 0 Å². The van der Waals surface area contributed by atoms with Crippen molar-refractivity contribution in [1.29, 1.82) is 0 Å². The number of fused-ring (bicyclic) bond motifs is 2. The van der Waals surface area contributed by atoms with E-state index in [0.29, 0.717) is 5.41 Å². The number of nitrogens with zero attached hydrogens (tertiary/aromatic N) is 1. The maximum absolute atomic E-state index is 3.56. The zero-order valence-electron chi connectivity index (χ0n) is 9.34. The van der Waals surface area contributed by atoms with E-state index in [1.54, 1.807) is 0 Å². The fraction of sp³-hybridized carbons (Fsp3) is 0.667. The Morgan fingerprint density at radius 3 is 2.93 bits per heavy atom. The Labute approximate surface area is 90.9 Å². The van der Waals surface area contributed by atoms with Gasteiger partial charge in [0.2, 0.25) is 0 Å². The summed E-state index contributed by atoms with van der Waals surface area (Å²) >= 11 is 0. The highest BCUT2D eigenvalue weighted by Crippen LogP contribution is 2.37. The summed E-state index contributed by atoms with van der Waals surface area (Å²) in [6, 6.07) is 2.22. The van der Waals surface area contributed by atoms with Crippen LogP contribution >= 0.6 is 0 Å². The van der Waals surface area contributed by atoms with E-state index < -0.39 is 0 Å². The molecule has 2 aliphatic heterocycles. The molecule has 15 heavy (non-hydrogen) atoms. The van der Waals surface area contributed by atoms with Crippen LogP contribution in [0.1, 0.15) is 24.1 Å². The van der Waals surface area contributed by atoms with Crippen molar-refractivity contribution in [2.75, 3.05) is 26.7 Å². The van der Waals surface area contributed by atoms with E-state index in [1.165, 1.54) is 37.2 Å². The molecule has 3 heterocycles. The maximum Gasteiger partial charge on any atom is 0.0269 e. The van der Waals surface area contributed by atoms with Gasteiger partial charge >= 0.3 is 0 Å². The molecule has 1 saturated heterocycles. The first-order valence-electron chi connectivity index (χ1n) is 5.86. The second kappa shape index (κ2) is 3.35. The van der Waals surface area contributed by atoms with Crippen molar-refractivity contribution in [2.45, 2.75) is 24.8 Å². The van der Waals surface area contributed by atoms with Crippen molar-refractivity contribution < 1.29 is 0 Å². The lowest BCUT2D eigenvalue weighted by molar-refractivity contribution is 0.173. The predicted octanol–water partition coefficient (Wildman–Crippen LogP) is 1.08. The molecule has 2 N–H and O–H groups in total. The predicted molar refractivity (Wildman–Crippen MR) is 60.9 cm³/mol. The van der Waals surface area contributed by atoms with Crippen LogP contribution in [0, 0.1) is 0 Å². The van der Waals surface area contributed by atoms with Crippen molar-refractivity contribution in [3.8, 4) is 0 Å². The normalized spacial score (nSPS) is 25.4. The zero-order valence-corrected chi connectivity index (χ0v) is 9.34. The number of aromatic amines is 1. The molecular weight excluding hydrogens is 186 g/mol. The van der Waals surface area contributed by atoms with Gasteiger partial charge in [-0.15, -0.1) is 0 Å². The van der Waals surface area contributed by atoms with Crippen LogP contribution in [-0.4, -0.2) is 36.6 Å². The van der Waals surface area contributed by atoms with Gasteiger partial charge in [0, 0.05) is 30.4 Å². The van der Waals surface area contributed by atoms with Crippen LogP contribution in [0.4, 0.5) is 0 Å². The summed E-state index contributed by atoms with van der Waals surface area (Å²) in [5, 5.41) is 3.56. The van der Waals surface area contributed by atoms with Gasteiger partial charge < -0.3 is 15.2 Å². The molecule has 0 aliphatic carbocycles. The fourth-order valence-electron chi connectivity index (χ4n) is 3.04. The number of hydrogen-bond donors (Lipinski definition) is 2. The number of piperidine rings is 1. The van der Waals surface area contributed by atoms with Crippen molar-refractivity contribution in [1.82, 2.24) is 15.2 Å². The van der Waals surface area contributed by atoms with Crippen LogP contribution in [0.2, 0.25) is 0 Å². The van der Waals surface area contributed by atoms with E-state index in [9.17, 15) is 0 Å². The molecule has 3 nitrogen and oxygen atoms in total. The second-order valence-corrected chi connectivity index (χ2v) is 5.07. The third kappa shape index (κ3) is 1.42. The molecule has 0 atom stereocenters. The first-order valence-corrected chi connectivity index (χ1v) is 5.86.